The second kappa shape index (κ2) is 8.48. The van der Waals surface area contributed by atoms with E-state index in [-0.39, 0.29) is 11.8 Å². The molecule has 0 aliphatic carbocycles. The van der Waals surface area contributed by atoms with Crippen molar-refractivity contribution in [1.29, 1.82) is 0 Å². The van der Waals surface area contributed by atoms with E-state index < -0.39 is 0 Å². The summed E-state index contributed by atoms with van der Waals surface area (Å²) in [5, 5.41) is 0. The molecule has 4 rings (SSSR count). The summed E-state index contributed by atoms with van der Waals surface area (Å²) >= 11 is 0. The highest BCUT2D eigenvalue weighted by Gasteiger charge is 2.27. The first-order valence-electron chi connectivity index (χ1n) is 9.92. The monoisotopic (exact) mass is 404 g/mol. The lowest BCUT2D eigenvalue weighted by molar-refractivity contribution is 0.0705. The zero-order valence-electron chi connectivity index (χ0n) is 17.4. The number of anilines is 1. The number of aromatic nitrogens is 6. The first-order chi connectivity index (χ1) is 14.5. The van der Waals surface area contributed by atoms with Gasteiger partial charge in [-0.15, -0.1) is 0 Å². The molecule has 4 heterocycles. The van der Waals surface area contributed by atoms with Crippen molar-refractivity contribution in [2.24, 2.45) is 0 Å². The smallest absolute Gasteiger partial charge is 0.274 e. The van der Waals surface area contributed by atoms with Crippen molar-refractivity contribution in [3.05, 3.63) is 54.1 Å². The van der Waals surface area contributed by atoms with Gasteiger partial charge in [0.25, 0.3) is 5.91 Å². The van der Waals surface area contributed by atoms with Gasteiger partial charge in [-0.1, -0.05) is 0 Å². The fourth-order valence-corrected chi connectivity index (χ4v) is 3.46. The Morgan fingerprint density at radius 1 is 1.03 bits per heavy atom. The summed E-state index contributed by atoms with van der Waals surface area (Å²) in [7, 11) is 3.91. The van der Waals surface area contributed by atoms with E-state index in [1.54, 1.807) is 31.0 Å². The van der Waals surface area contributed by atoms with Crippen molar-refractivity contribution in [1.82, 2.24) is 34.8 Å². The average molecular weight is 404 g/mol. The van der Waals surface area contributed by atoms with Crippen LogP contribution in [-0.2, 0) is 0 Å². The molecule has 0 saturated carbocycles. The fourth-order valence-electron chi connectivity index (χ4n) is 3.46. The van der Waals surface area contributed by atoms with Gasteiger partial charge >= 0.3 is 0 Å². The molecule has 9 heteroatoms. The summed E-state index contributed by atoms with van der Waals surface area (Å²) in [6.07, 6.45) is 9.76. The Bertz CT molecular complexity index is 1010. The van der Waals surface area contributed by atoms with Gasteiger partial charge in [0, 0.05) is 63.5 Å². The maximum atomic E-state index is 12.7. The molecule has 0 N–H and O–H groups in total. The number of carbonyl (C=O) groups is 1. The Hall–Kier alpha value is -3.49. The molecule has 1 aliphatic heterocycles. The second-order valence-corrected chi connectivity index (χ2v) is 7.57. The van der Waals surface area contributed by atoms with Crippen LogP contribution in [0.2, 0.25) is 0 Å². The molecule has 0 radical (unpaired) electrons. The van der Waals surface area contributed by atoms with Gasteiger partial charge in [-0.25, -0.2) is 19.9 Å². The fraction of sp³-hybridized carbons (Fsp3) is 0.381. The molecular weight excluding hydrogens is 380 g/mol. The second-order valence-electron chi connectivity index (χ2n) is 7.57. The quantitative estimate of drug-likeness (QED) is 0.652. The van der Waals surface area contributed by atoms with Gasteiger partial charge in [-0.2, -0.15) is 0 Å². The Morgan fingerprint density at radius 3 is 2.47 bits per heavy atom. The number of carbonyl (C=O) groups excluding carboxylic acids is 1. The van der Waals surface area contributed by atoms with Crippen LogP contribution in [0.3, 0.4) is 0 Å². The Labute approximate surface area is 175 Å². The lowest BCUT2D eigenvalue weighted by atomic mass is 9.93. The zero-order chi connectivity index (χ0) is 21.1. The third kappa shape index (κ3) is 4.24. The molecule has 9 nitrogen and oxygen atoms in total. The summed E-state index contributed by atoms with van der Waals surface area (Å²) in [5.41, 5.74) is 2.80. The molecule has 1 fully saturated rings. The number of hydrogen-bond donors (Lipinski definition) is 0. The molecule has 30 heavy (non-hydrogen) atoms. The number of amides is 1. The van der Waals surface area contributed by atoms with E-state index >= 15 is 0 Å². The number of rotatable bonds is 4. The highest BCUT2D eigenvalue weighted by molar-refractivity contribution is 5.92. The topological polar surface area (TPSA) is 101 Å². The van der Waals surface area contributed by atoms with Crippen molar-refractivity contribution < 1.29 is 4.79 Å². The highest BCUT2D eigenvalue weighted by Crippen LogP contribution is 2.30. The molecule has 0 unspecified atom stereocenters. The lowest BCUT2D eigenvalue weighted by Crippen LogP contribution is -2.38. The minimum Gasteiger partial charge on any atom is -0.363 e. The molecule has 3 aromatic heterocycles. The van der Waals surface area contributed by atoms with Crippen LogP contribution in [0, 0.1) is 6.92 Å². The number of nitrogens with zero attached hydrogens (tertiary/aromatic N) is 8. The van der Waals surface area contributed by atoms with Gasteiger partial charge < -0.3 is 9.80 Å². The minimum absolute atomic E-state index is 0.0714. The van der Waals surface area contributed by atoms with Crippen molar-refractivity contribution in [3.63, 3.8) is 0 Å². The molecule has 0 atom stereocenters. The van der Waals surface area contributed by atoms with Crippen LogP contribution in [-0.4, -0.2) is 67.9 Å². The molecule has 3 aromatic rings. The van der Waals surface area contributed by atoms with Crippen LogP contribution < -0.4 is 4.90 Å². The predicted octanol–water partition coefficient (Wildman–Crippen LogP) is 2.12. The van der Waals surface area contributed by atoms with E-state index in [0.29, 0.717) is 30.3 Å². The first-order valence-corrected chi connectivity index (χ1v) is 9.92. The molecule has 1 aliphatic rings. The van der Waals surface area contributed by atoms with E-state index in [0.717, 1.165) is 30.0 Å². The number of aryl methyl sites for hydroxylation is 1. The molecule has 1 amide bonds. The summed E-state index contributed by atoms with van der Waals surface area (Å²) in [6, 6.07) is 2.02. The van der Waals surface area contributed by atoms with E-state index in [1.807, 2.05) is 36.9 Å². The van der Waals surface area contributed by atoms with Crippen LogP contribution in [0.15, 0.2) is 37.1 Å². The van der Waals surface area contributed by atoms with Crippen LogP contribution in [0.5, 0.6) is 0 Å². The maximum Gasteiger partial charge on any atom is 0.274 e. The van der Waals surface area contributed by atoms with Crippen molar-refractivity contribution in [2.45, 2.75) is 25.7 Å². The van der Waals surface area contributed by atoms with Gasteiger partial charge in [0.1, 0.15) is 17.2 Å². The van der Waals surface area contributed by atoms with Gasteiger partial charge in [0.05, 0.1) is 18.1 Å². The van der Waals surface area contributed by atoms with Crippen molar-refractivity contribution in [2.75, 3.05) is 32.1 Å². The van der Waals surface area contributed by atoms with Crippen LogP contribution in [0.4, 0.5) is 5.82 Å². The Morgan fingerprint density at radius 2 is 1.83 bits per heavy atom. The summed E-state index contributed by atoms with van der Waals surface area (Å²) < 4.78 is 0. The molecule has 0 aromatic carbocycles. The third-order valence-electron chi connectivity index (χ3n) is 5.18. The van der Waals surface area contributed by atoms with E-state index in [4.69, 9.17) is 4.98 Å². The van der Waals surface area contributed by atoms with Gasteiger partial charge in [0.2, 0.25) is 0 Å². The highest BCUT2D eigenvalue weighted by atomic mass is 16.2. The minimum atomic E-state index is -0.0714. The summed E-state index contributed by atoms with van der Waals surface area (Å²) in [4.78, 5) is 42.8. The van der Waals surface area contributed by atoms with Crippen LogP contribution in [0.25, 0.3) is 11.5 Å². The standard InChI is InChI=1S/C21H24N8O/c1-14-11-25-18(13-24-14)21(30)29-8-4-15(5-9-29)16-10-19(28(2)3)27-20(26-16)17-12-22-6-7-23-17/h6-7,10-13,15H,4-5,8-9H2,1-3H3. The molecule has 0 spiro atoms. The first kappa shape index (κ1) is 19.8. The molecule has 0 bridgehead atoms. The third-order valence-corrected chi connectivity index (χ3v) is 5.18. The average Bonchev–Trinajstić information content (AvgIpc) is 2.79. The lowest BCUT2D eigenvalue weighted by Gasteiger charge is -2.31. The number of likely N-dealkylation sites (tertiary alicyclic amines) is 1. The van der Waals surface area contributed by atoms with E-state index in [2.05, 4.69) is 24.9 Å². The normalized spacial score (nSPS) is 14.6. The molecule has 1 saturated heterocycles. The van der Waals surface area contributed by atoms with Gasteiger partial charge in [0.15, 0.2) is 5.82 Å². The van der Waals surface area contributed by atoms with E-state index in [9.17, 15) is 4.79 Å². The summed E-state index contributed by atoms with van der Waals surface area (Å²) in [6.45, 7) is 3.16. The number of hydrogen-bond acceptors (Lipinski definition) is 8. The zero-order valence-corrected chi connectivity index (χ0v) is 17.4. The molecular formula is C21H24N8O. The van der Waals surface area contributed by atoms with E-state index in [1.165, 1.54) is 0 Å². The molecule has 154 valence electrons. The maximum absolute atomic E-state index is 12.7. The van der Waals surface area contributed by atoms with Gasteiger partial charge in [-0.3, -0.25) is 14.8 Å². The SMILES string of the molecule is Cc1cnc(C(=O)N2CCC(c3cc(N(C)C)nc(-c4cnccn4)n3)CC2)cn1. The predicted molar refractivity (Wildman–Crippen MR) is 112 cm³/mol. The number of piperidine rings is 1. The van der Waals surface area contributed by atoms with Crippen molar-refractivity contribution >= 4 is 11.7 Å². The van der Waals surface area contributed by atoms with Gasteiger partial charge in [-0.05, 0) is 19.8 Å². The van der Waals surface area contributed by atoms with Crippen molar-refractivity contribution in [3.8, 4) is 11.5 Å². The summed E-state index contributed by atoms with van der Waals surface area (Å²) in [5.74, 6) is 1.57. The van der Waals surface area contributed by atoms with Crippen LogP contribution in [0.1, 0.15) is 40.6 Å². The van der Waals surface area contributed by atoms with Crippen LogP contribution >= 0.6 is 0 Å². The Kier molecular flexibility index (Phi) is 5.60. The Balaban J connectivity index is 1.52. The largest absolute Gasteiger partial charge is 0.363 e.